The summed E-state index contributed by atoms with van der Waals surface area (Å²) >= 11 is 0. The average Bonchev–Trinajstić information content (AvgIpc) is 2.38. The first-order valence-corrected chi connectivity index (χ1v) is 4.83. The molecule has 1 heterocycles. The van der Waals surface area contributed by atoms with Crippen molar-refractivity contribution in [1.29, 1.82) is 5.26 Å². The summed E-state index contributed by atoms with van der Waals surface area (Å²) in [5.74, 6) is 0.776. The number of benzene rings is 1. The van der Waals surface area contributed by atoms with Gasteiger partial charge in [-0.3, -0.25) is 4.98 Å². The molecule has 0 radical (unpaired) electrons. The molecule has 2 aromatic rings. The number of hydrogen-bond acceptors (Lipinski definition) is 3. The molecular formula is C13H10N2O. The van der Waals surface area contributed by atoms with E-state index in [9.17, 15) is 0 Å². The van der Waals surface area contributed by atoms with Crippen LogP contribution in [0.3, 0.4) is 0 Å². The van der Waals surface area contributed by atoms with Crippen LogP contribution in [0.2, 0.25) is 0 Å². The summed E-state index contributed by atoms with van der Waals surface area (Å²) in [5, 5.41) is 8.98. The van der Waals surface area contributed by atoms with Gasteiger partial charge in [0.05, 0.1) is 12.7 Å². The SMILES string of the molecule is COc1cccc(-c2ccncc2C#N)c1. The van der Waals surface area contributed by atoms with Crippen LogP contribution in [0.25, 0.3) is 11.1 Å². The number of pyridine rings is 1. The van der Waals surface area contributed by atoms with E-state index < -0.39 is 0 Å². The van der Waals surface area contributed by atoms with Gasteiger partial charge in [0.1, 0.15) is 11.8 Å². The van der Waals surface area contributed by atoms with Crippen LogP contribution in [0.5, 0.6) is 5.75 Å². The second-order valence-corrected chi connectivity index (χ2v) is 3.27. The van der Waals surface area contributed by atoms with Gasteiger partial charge in [-0.2, -0.15) is 5.26 Å². The molecular weight excluding hydrogens is 200 g/mol. The van der Waals surface area contributed by atoms with Crippen molar-refractivity contribution < 1.29 is 4.74 Å². The largest absolute Gasteiger partial charge is 0.497 e. The van der Waals surface area contributed by atoms with Gasteiger partial charge in [0.25, 0.3) is 0 Å². The first-order chi connectivity index (χ1) is 7.85. The molecule has 3 heteroatoms. The fraction of sp³-hybridized carbons (Fsp3) is 0.0769. The van der Waals surface area contributed by atoms with E-state index in [1.165, 1.54) is 0 Å². The molecule has 0 atom stereocenters. The molecule has 0 saturated carbocycles. The standard InChI is InChI=1S/C13H10N2O/c1-16-12-4-2-3-10(7-12)13-5-6-15-9-11(13)8-14/h2-7,9H,1H3. The van der Waals surface area contributed by atoms with E-state index in [-0.39, 0.29) is 0 Å². The van der Waals surface area contributed by atoms with E-state index in [0.717, 1.165) is 16.9 Å². The predicted molar refractivity (Wildman–Crippen MR) is 60.9 cm³/mol. The Morgan fingerprint density at radius 1 is 1.31 bits per heavy atom. The second kappa shape index (κ2) is 4.45. The lowest BCUT2D eigenvalue weighted by molar-refractivity contribution is 0.415. The number of ether oxygens (including phenoxy) is 1. The molecule has 0 saturated heterocycles. The second-order valence-electron chi connectivity index (χ2n) is 3.27. The van der Waals surface area contributed by atoms with Gasteiger partial charge in [0, 0.05) is 18.0 Å². The topological polar surface area (TPSA) is 45.9 Å². The maximum Gasteiger partial charge on any atom is 0.119 e. The van der Waals surface area contributed by atoms with Crippen molar-refractivity contribution in [2.24, 2.45) is 0 Å². The van der Waals surface area contributed by atoms with Gasteiger partial charge in [-0.15, -0.1) is 0 Å². The highest BCUT2D eigenvalue weighted by atomic mass is 16.5. The van der Waals surface area contributed by atoms with Crippen molar-refractivity contribution in [1.82, 2.24) is 4.98 Å². The fourth-order valence-electron chi connectivity index (χ4n) is 1.53. The maximum absolute atomic E-state index is 8.98. The van der Waals surface area contributed by atoms with E-state index in [2.05, 4.69) is 11.1 Å². The molecule has 1 aromatic heterocycles. The molecule has 0 aliphatic rings. The van der Waals surface area contributed by atoms with Crippen molar-refractivity contribution in [2.45, 2.75) is 0 Å². The monoisotopic (exact) mass is 210 g/mol. The minimum absolute atomic E-state index is 0.566. The Kier molecular flexibility index (Phi) is 2.84. The quantitative estimate of drug-likeness (QED) is 0.765. The number of hydrogen-bond donors (Lipinski definition) is 0. The van der Waals surface area contributed by atoms with E-state index in [1.54, 1.807) is 19.5 Å². The Morgan fingerprint density at radius 2 is 2.19 bits per heavy atom. The van der Waals surface area contributed by atoms with Crippen LogP contribution in [0.1, 0.15) is 5.56 Å². The summed E-state index contributed by atoms with van der Waals surface area (Å²) in [7, 11) is 1.62. The predicted octanol–water partition coefficient (Wildman–Crippen LogP) is 2.63. The zero-order valence-corrected chi connectivity index (χ0v) is 8.84. The van der Waals surface area contributed by atoms with Crippen molar-refractivity contribution in [3.63, 3.8) is 0 Å². The average molecular weight is 210 g/mol. The van der Waals surface area contributed by atoms with Gasteiger partial charge in [-0.25, -0.2) is 0 Å². The van der Waals surface area contributed by atoms with Crippen LogP contribution < -0.4 is 4.74 Å². The number of aromatic nitrogens is 1. The Labute approximate surface area is 93.9 Å². The Morgan fingerprint density at radius 3 is 2.94 bits per heavy atom. The maximum atomic E-state index is 8.98. The van der Waals surface area contributed by atoms with Crippen molar-refractivity contribution in [3.8, 4) is 22.9 Å². The smallest absolute Gasteiger partial charge is 0.119 e. The molecule has 0 amide bonds. The van der Waals surface area contributed by atoms with Gasteiger partial charge in [-0.1, -0.05) is 12.1 Å². The molecule has 78 valence electrons. The Balaban J connectivity index is 2.55. The lowest BCUT2D eigenvalue weighted by Crippen LogP contribution is -1.87. The van der Waals surface area contributed by atoms with Crippen LogP contribution in [0.15, 0.2) is 42.7 Å². The molecule has 0 N–H and O–H groups in total. The number of rotatable bonds is 2. The van der Waals surface area contributed by atoms with Gasteiger partial charge >= 0.3 is 0 Å². The summed E-state index contributed by atoms with van der Waals surface area (Å²) in [6.45, 7) is 0. The first kappa shape index (κ1) is 10.2. The third-order valence-electron chi connectivity index (χ3n) is 2.32. The molecule has 0 aliphatic heterocycles. The minimum Gasteiger partial charge on any atom is -0.497 e. The Bertz CT molecular complexity index is 544. The zero-order valence-electron chi connectivity index (χ0n) is 8.84. The lowest BCUT2D eigenvalue weighted by atomic mass is 10.0. The van der Waals surface area contributed by atoms with Crippen LogP contribution in [-0.2, 0) is 0 Å². The zero-order chi connectivity index (χ0) is 11.4. The van der Waals surface area contributed by atoms with E-state index in [4.69, 9.17) is 10.00 Å². The van der Waals surface area contributed by atoms with Gasteiger partial charge < -0.3 is 4.74 Å². The van der Waals surface area contributed by atoms with Gasteiger partial charge in [-0.05, 0) is 23.8 Å². The normalized spacial score (nSPS) is 9.50. The summed E-state index contributed by atoms with van der Waals surface area (Å²) in [6.07, 6.45) is 3.24. The molecule has 2 rings (SSSR count). The summed E-state index contributed by atoms with van der Waals surface area (Å²) in [5.41, 5.74) is 2.39. The highest BCUT2D eigenvalue weighted by Gasteiger charge is 2.04. The van der Waals surface area contributed by atoms with E-state index in [0.29, 0.717) is 5.56 Å². The number of nitriles is 1. The first-order valence-electron chi connectivity index (χ1n) is 4.83. The van der Waals surface area contributed by atoms with E-state index in [1.807, 2.05) is 30.3 Å². The highest BCUT2D eigenvalue weighted by molar-refractivity contribution is 5.70. The molecule has 16 heavy (non-hydrogen) atoms. The summed E-state index contributed by atoms with van der Waals surface area (Å²) in [4.78, 5) is 3.93. The molecule has 0 unspecified atom stereocenters. The molecule has 3 nitrogen and oxygen atoms in total. The summed E-state index contributed by atoms with van der Waals surface area (Å²) in [6, 6.07) is 11.6. The summed E-state index contributed by atoms with van der Waals surface area (Å²) < 4.78 is 5.15. The molecule has 0 aliphatic carbocycles. The molecule has 0 bridgehead atoms. The minimum atomic E-state index is 0.566. The van der Waals surface area contributed by atoms with Crippen molar-refractivity contribution in [2.75, 3.05) is 7.11 Å². The third kappa shape index (κ3) is 1.86. The molecule has 0 spiro atoms. The Hall–Kier alpha value is -2.34. The van der Waals surface area contributed by atoms with E-state index >= 15 is 0 Å². The molecule has 0 fully saturated rings. The fourth-order valence-corrected chi connectivity index (χ4v) is 1.53. The number of methoxy groups -OCH3 is 1. The number of nitrogens with zero attached hydrogens (tertiary/aromatic N) is 2. The molecule has 1 aromatic carbocycles. The van der Waals surface area contributed by atoms with Crippen molar-refractivity contribution >= 4 is 0 Å². The van der Waals surface area contributed by atoms with Crippen LogP contribution >= 0.6 is 0 Å². The van der Waals surface area contributed by atoms with Gasteiger partial charge in [0.2, 0.25) is 0 Å². The van der Waals surface area contributed by atoms with Crippen LogP contribution in [0.4, 0.5) is 0 Å². The highest BCUT2D eigenvalue weighted by Crippen LogP contribution is 2.25. The van der Waals surface area contributed by atoms with Gasteiger partial charge in [0.15, 0.2) is 0 Å². The third-order valence-corrected chi connectivity index (χ3v) is 2.32. The van der Waals surface area contributed by atoms with Crippen LogP contribution in [-0.4, -0.2) is 12.1 Å². The lowest BCUT2D eigenvalue weighted by Gasteiger charge is -2.05. The van der Waals surface area contributed by atoms with Crippen molar-refractivity contribution in [3.05, 3.63) is 48.3 Å². The van der Waals surface area contributed by atoms with Crippen LogP contribution in [0, 0.1) is 11.3 Å².